The number of hydrogen-bond donors (Lipinski definition) is 2. The van der Waals surface area contributed by atoms with Crippen LogP contribution in [0.2, 0.25) is 5.02 Å². The van der Waals surface area contributed by atoms with Gasteiger partial charge in [0.1, 0.15) is 0 Å². The fraction of sp³-hybridized carbons (Fsp3) is 0.0909. The average Bonchev–Trinajstić information content (AvgIpc) is 3.16. The largest absolute Gasteiger partial charge is 0.366 e. The minimum absolute atomic E-state index is 0.168. The van der Waals surface area contributed by atoms with Crippen LogP contribution in [0.4, 0.5) is 0 Å². The molecule has 2 amide bonds. The Morgan fingerprint density at radius 2 is 1.89 bits per heavy atom. The lowest BCUT2D eigenvalue weighted by Crippen LogP contribution is -2.23. The van der Waals surface area contributed by atoms with Crippen molar-refractivity contribution in [1.82, 2.24) is 5.32 Å². The summed E-state index contributed by atoms with van der Waals surface area (Å²) in [6.07, 6.45) is 3.92. The van der Waals surface area contributed by atoms with Gasteiger partial charge in [0, 0.05) is 38.5 Å². The molecule has 4 nitrogen and oxygen atoms in total. The van der Waals surface area contributed by atoms with Gasteiger partial charge in [-0.1, -0.05) is 41.9 Å². The molecule has 0 saturated carbocycles. The number of nitrogens with one attached hydrogen (secondary N) is 1. The first kappa shape index (κ1) is 19.9. The lowest BCUT2D eigenvalue weighted by atomic mass is 10.1. The van der Waals surface area contributed by atoms with Crippen LogP contribution in [0.15, 0.2) is 66.7 Å². The van der Waals surface area contributed by atoms with Gasteiger partial charge in [-0.25, -0.2) is 0 Å². The highest BCUT2D eigenvalue weighted by Crippen LogP contribution is 2.33. The highest BCUT2D eigenvalue weighted by molar-refractivity contribution is 7.16. The van der Waals surface area contributed by atoms with E-state index in [1.807, 2.05) is 42.5 Å². The van der Waals surface area contributed by atoms with Crippen molar-refractivity contribution in [2.45, 2.75) is 6.42 Å². The van der Waals surface area contributed by atoms with E-state index < -0.39 is 5.91 Å². The number of primary amides is 1. The maximum Gasteiger partial charge on any atom is 0.248 e. The zero-order valence-corrected chi connectivity index (χ0v) is 16.6. The van der Waals surface area contributed by atoms with E-state index >= 15 is 0 Å². The molecule has 0 spiro atoms. The highest BCUT2D eigenvalue weighted by Gasteiger charge is 2.06. The van der Waals surface area contributed by atoms with Crippen LogP contribution in [-0.2, 0) is 11.2 Å². The van der Waals surface area contributed by atoms with E-state index in [0.29, 0.717) is 23.6 Å². The molecule has 6 heteroatoms. The van der Waals surface area contributed by atoms with E-state index in [-0.39, 0.29) is 5.91 Å². The van der Waals surface area contributed by atoms with E-state index in [1.165, 1.54) is 6.08 Å². The van der Waals surface area contributed by atoms with Crippen LogP contribution in [0.3, 0.4) is 0 Å². The Bertz CT molecular complexity index is 1030. The molecule has 1 heterocycles. The third kappa shape index (κ3) is 5.31. The predicted molar refractivity (Wildman–Crippen MR) is 115 cm³/mol. The molecule has 3 rings (SSSR count). The van der Waals surface area contributed by atoms with Crippen LogP contribution in [-0.4, -0.2) is 18.4 Å². The van der Waals surface area contributed by atoms with Crippen molar-refractivity contribution in [2.75, 3.05) is 6.54 Å². The molecule has 0 aliphatic heterocycles. The van der Waals surface area contributed by atoms with Gasteiger partial charge in [0.15, 0.2) is 0 Å². The Balaban J connectivity index is 1.53. The smallest absolute Gasteiger partial charge is 0.248 e. The number of carbonyl (C=O) groups is 2. The van der Waals surface area contributed by atoms with Crippen molar-refractivity contribution in [3.05, 3.63) is 87.8 Å². The number of halogens is 1. The van der Waals surface area contributed by atoms with Gasteiger partial charge >= 0.3 is 0 Å². The van der Waals surface area contributed by atoms with Crippen molar-refractivity contribution in [2.24, 2.45) is 5.73 Å². The van der Waals surface area contributed by atoms with Gasteiger partial charge in [-0.05, 0) is 48.4 Å². The number of benzene rings is 2. The zero-order chi connectivity index (χ0) is 19.9. The van der Waals surface area contributed by atoms with Crippen LogP contribution in [0.25, 0.3) is 16.5 Å². The van der Waals surface area contributed by atoms with Crippen molar-refractivity contribution in [3.63, 3.8) is 0 Å². The topological polar surface area (TPSA) is 72.2 Å². The second kappa shape index (κ2) is 9.35. The molecule has 3 N–H and O–H groups in total. The lowest BCUT2D eigenvalue weighted by Gasteiger charge is -2.04. The minimum Gasteiger partial charge on any atom is -0.366 e. The molecule has 2 aromatic carbocycles. The number of amides is 2. The van der Waals surface area contributed by atoms with Crippen molar-refractivity contribution < 1.29 is 9.59 Å². The molecule has 28 heavy (non-hydrogen) atoms. The van der Waals surface area contributed by atoms with Crippen LogP contribution in [0.5, 0.6) is 0 Å². The molecule has 1 aromatic heterocycles. The average molecular weight is 411 g/mol. The quantitative estimate of drug-likeness (QED) is 0.561. The molecular weight excluding hydrogens is 392 g/mol. The second-order valence-electron chi connectivity index (χ2n) is 6.12. The van der Waals surface area contributed by atoms with E-state index in [2.05, 4.69) is 5.32 Å². The standard InChI is InChI=1S/C22H19ClN2O2S/c23-19-7-2-1-6-18(19)20-10-8-17(28-20)9-11-21(26)25-13-12-15-4-3-5-16(14-15)22(24)27/h1-11,14H,12-13H2,(H2,24,27)(H,25,26). The van der Waals surface area contributed by atoms with Crippen molar-refractivity contribution >= 4 is 40.8 Å². The Hall–Kier alpha value is -2.89. The van der Waals surface area contributed by atoms with Gasteiger partial charge in [-0.2, -0.15) is 0 Å². The summed E-state index contributed by atoms with van der Waals surface area (Å²) in [5, 5.41) is 3.55. The first-order valence-corrected chi connectivity index (χ1v) is 9.92. The van der Waals surface area contributed by atoms with Gasteiger partial charge in [0.25, 0.3) is 0 Å². The van der Waals surface area contributed by atoms with Crippen molar-refractivity contribution in [3.8, 4) is 10.4 Å². The van der Waals surface area contributed by atoms with Gasteiger partial charge in [0.05, 0.1) is 0 Å². The van der Waals surface area contributed by atoms with Crippen molar-refractivity contribution in [1.29, 1.82) is 0 Å². The first-order chi connectivity index (χ1) is 13.5. The SMILES string of the molecule is NC(=O)c1cccc(CCNC(=O)C=Cc2ccc(-c3ccccc3Cl)s2)c1. The number of hydrogen-bond acceptors (Lipinski definition) is 3. The Kier molecular flexibility index (Phi) is 6.63. The van der Waals surface area contributed by atoms with Gasteiger partial charge in [-0.3, -0.25) is 9.59 Å². The molecule has 0 bridgehead atoms. The molecule has 3 aromatic rings. The van der Waals surface area contributed by atoms with Gasteiger partial charge in [0.2, 0.25) is 11.8 Å². The summed E-state index contributed by atoms with van der Waals surface area (Å²) in [6, 6.07) is 18.7. The summed E-state index contributed by atoms with van der Waals surface area (Å²) in [5.41, 5.74) is 7.68. The third-order valence-corrected chi connectivity index (χ3v) is 5.50. The molecule has 142 valence electrons. The molecule has 0 aliphatic carbocycles. The predicted octanol–water partition coefficient (Wildman–Crippen LogP) is 4.54. The van der Waals surface area contributed by atoms with Crippen LogP contribution in [0.1, 0.15) is 20.8 Å². The number of rotatable bonds is 7. The molecule has 0 unspecified atom stereocenters. The summed E-state index contributed by atoms with van der Waals surface area (Å²) in [4.78, 5) is 25.3. The molecule has 0 atom stereocenters. The van der Waals surface area contributed by atoms with E-state index in [4.69, 9.17) is 17.3 Å². The monoisotopic (exact) mass is 410 g/mol. The Labute approximate surface area is 172 Å². The third-order valence-electron chi connectivity index (χ3n) is 4.09. The lowest BCUT2D eigenvalue weighted by molar-refractivity contribution is -0.116. The van der Waals surface area contributed by atoms with Gasteiger partial charge < -0.3 is 11.1 Å². The summed E-state index contributed by atoms with van der Waals surface area (Å²) in [5.74, 6) is -0.625. The Morgan fingerprint density at radius 3 is 2.68 bits per heavy atom. The minimum atomic E-state index is -0.457. The fourth-order valence-electron chi connectivity index (χ4n) is 2.68. The van der Waals surface area contributed by atoms with E-state index in [0.717, 1.165) is 20.9 Å². The summed E-state index contributed by atoms with van der Waals surface area (Å²) >= 11 is 7.80. The molecule has 0 aliphatic rings. The first-order valence-electron chi connectivity index (χ1n) is 8.72. The van der Waals surface area contributed by atoms with E-state index in [9.17, 15) is 9.59 Å². The zero-order valence-electron chi connectivity index (χ0n) is 15.0. The summed E-state index contributed by atoms with van der Waals surface area (Å²) in [7, 11) is 0. The fourth-order valence-corrected chi connectivity index (χ4v) is 3.92. The van der Waals surface area contributed by atoms with Crippen LogP contribution < -0.4 is 11.1 Å². The number of nitrogens with two attached hydrogens (primary N) is 1. The normalized spacial score (nSPS) is 10.9. The molecule has 0 radical (unpaired) electrons. The van der Waals surface area contributed by atoms with Crippen LogP contribution in [0, 0.1) is 0 Å². The number of thiophene rings is 1. The second-order valence-corrected chi connectivity index (χ2v) is 7.64. The summed E-state index contributed by atoms with van der Waals surface area (Å²) in [6.45, 7) is 0.473. The molecular formula is C22H19ClN2O2S. The maximum atomic E-state index is 12.0. The van der Waals surface area contributed by atoms with Gasteiger partial charge in [-0.15, -0.1) is 11.3 Å². The highest BCUT2D eigenvalue weighted by atomic mass is 35.5. The summed E-state index contributed by atoms with van der Waals surface area (Å²) < 4.78 is 0. The maximum absolute atomic E-state index is 12.0. The van der Waals surface area contributed by atoms with Crippen LogP contribution >= 0.6 is 22.9 Å². The Morgan fingerprint density at radius 1 is 1.07 bits per heavy atom. The number of carbonyl (C=O) groups excluding carboxylic acids is 2. The van der Waals surface area contributed by atoms with E-state index in [1.54, 1.807) is 35.6 Å². The molecule has 0 fully saturated rings. The molecule has 0 saturated heterocycles.